The Morgan fingerprint density at radius 1 is 1.33 bits per heavy atom. The predicted molar refractivity (Wildman–Crippen MR) is 83.1 cm³/mol. The molecule has 3 rings (SSSR count). The van der Waals surface area contributed by atoms with Crippen molar-refractivity contribution in [1.82, 2.24) is 5.32 Å². The summed E-state index contributed by atoms with van der Waals surface area (Å²) >= 11 is 0. The number of halogens is 1. The molecule has 4 heteroatoms. The van der Waals surface area contributed by atoms with Crippen LogP contribution in [-0.2, 0) is 11.3 Å². The molecule has 0 bridgehead atoms. The fraction of sp³-hybridized carbons (Fsp3) is 0.647. The highest BCUT2D eigenvalue weighted by molar-refractivity contribution is 5.55. The van der Waals surface area contributed by atoms with Gasteiger partial charge in [0.2, 0.25) is 0 Å². The van der Waals surface area contributed by atoms with Crippen LogP contribution in [0.5, 0.6) is 0 Å². The van der Waals surface area contributed by atoms with E-state index >= 15 is 0 Å². The van der Waals surface area contributed by atoms with E-state index in [2.05, 4.69) is 17.1 Å². The van der Waals surface area contributed by atoms with Gasteiger partial charge in [-0.2, -0.15) is 0 Å². The van der Waals surface area contributed by atoms with Gasteiger partial charge in [-0.15, -0.1) is 0 Å². The standard InChI is InChI=1S/C17H25FN2O/c1-2-19-12-13-11-14(18)7-8-15(13)20-9-10-21-17-6-4-3-5-16(17)20/h7-8,11,16-17,19H,2-6,9-10,12H2,1H3. The monoisotopic (exact) mass is 292 g/mol. The SMILES string of the molecule is CCNCc1cc(F)ccc1N1CCOC2CCCCC21. The van der Waals surface area contributed by atoms with Gasteiger partial charge in [-0.25, -0.2) is 4.39 Å². The van der Waals surface area contributed by atoms with Crippen molar-refractivity contribution in [3.05, 3.63) is 29.6 Å². The largest absolute Gasteiger partial charge is 0.374 e. The first-order valence-electron chi connectivity index (χ1n) is 8.17. The quantitative estimate of drug-likeness (QED) is 0.923. The van der Waals surface area contributed by atoms with E-state index in [4.69, 9.17) is 4.74 Å². The molecule has 1 aromatic rings. The van der Waals surface area contributed by atoms with Gasteiger partial charge in [0.25, 0.3) is 0 Å². The van der Waals surface area contributed by atoms with Crippen LogP contribution < -0.4 is 10.2 Å². The number of morpholine rings is 1. The molecular formula is C17H25FN2O. The van der Waals surface area contributed by atoms with Gasteiger partial charge in [0.05, 0.1) is 18.8 Å². The number of rotatable bonds is 4. The predicted octanol–water partition coefficient (Wildman–Crippen LogP) is 3.08. The summed E-state index contributed by atoms with van der Waals surface area (Å²) in [6, 6.07) is 5.65. The number of hydrogen-bond donors (Lipinski definition) is 1. The summed E-state index contributed by atoms with van der Waals surface area (Å²) in [6.07, 6.45) is 5.23. The van der Waals surface area contributed by atoms with Crippen LogP contribution in [-0.4, -0.2) is 31.8 Å². The van der Waals surface area contributed by atoms with Gasteiger partial charge in [0.1, 0.15) is 5.82 Å². The Kier molecular flexibility index (Phi) is 4.76. The van der Waals surface area contributed by atoms with E-state index in [0.717, 1.165) is 38.2 Å². The maximum Gasteiger partial charge on any atom is 0.123 e. The highest BCUT2D eigenvalue weighted by Gasteiger charge is 2.34. The number of ether oxygens (including phenoxy) is 1. The van der Waals surface area contributed by atoms with Crippen LogP contribution in [0, 0.1) is 5.82 Å². The Morgan fingerprint density at radius 2 is 2.19 bits per heavy atom. The minimum Gasteiger partial charge on any atom is -0.374 e. The third kappa shape index (κ3) is 3.22. The Hall–Kier alpha value is -1.13. The van der Waals surface area contributed by atoms with Crippen molar-refractivity contribution in [2.45, 2.75) is 51.3 Å². The van der Waals surface area contributed by atoms with Crippen molar-refractivity contribution in [2.24, 2.45) is 0 Å². The van der Waals surface area contributed by atoms with Gasteiger partial charge in [-0.1, -0.05) is 19.8 Å². The van der Waals surface area contributed by atoms with E-state index in [1.54, 1.807) is 12.1 Å². The Labute approximate surface area is 126 Å². The summed E-state index contributed by atoms with van der Waals surface area (Å²) in [6.45, 7) is 5.37. The summed E-state index contributed by atoms with van der Waals surface area (Å²) in [5, 5.41) is 3.32. The second kappa shape index (κ2) is 6.75. The van der Waals surface area contributed by atoms with Crippen molar-refractivity contribution in [3.8, 4) is 0 Å². The summed E-state index contributed by atoms with van der Waals surface area (Å²) in [4.78, 5) is 2.46. The average molecular weight is 292 g/mol. The number of hydrogen-bond acceptors (Lipinski definition) is 3. The maximum atomic E-state index is 13.6. The molecule has 1 aliphatic carbocycles. The van der Waals surface area contributed by atoms with Crippen molar-refractivity contribution >= 4 is 5.69 Å². The Morgan fingerprint density at radius 3 is 3.05 bits per heavy atom. The topological polar surface area (TPSA) is 24.5 Å². The molecule has 21 heavy (non-hydrogen) atoms. The minimum absolute atomic E-state index is 0.153. The smallest absolute Gasteiger partial charge is 0.123 e. The van der Waals surface area contributed by atoms with Gasteiger partial charge in [0.15, 0.2) is 0 Å². The number of nitrogens with zero attached hydrogens (tertiary/aromatic N) is 1. The fourth-order valence-electron chi connectivity index (χ4n) is 3.63. The van der Waals surface area contributed by atoms with E-state index in [1.165, 1.54) is 24.9 Å². The van der Waals surface area contributed by atoms with Crippen molar-refractivity contribution in [1.29, 1.82) is 0 Å². The lowest BCUT2D eigenvalue weighted by Crippen LogP contribution is -2.53. The first-order chi connectivity index (χ1) is 10.3. The zero-order valence-corrected chi connectivity index (χ0v) is 12.8. The molecule has 116 valence electrons. The van der Waals surface area contributed by atoms with Gasteiger partial charge in [-0.3, -0.25) is 0 Å². The zero-order valence-electron chi connectivity index (χ0n) is 12.8. The first kappa shape index (κ1) is 14.8. The van der Waals surface area contributed by atoms with Crippen LogP contribution in [0.3, 0.4) is 0 Å². The average Bonchev–Trinajstić information content (AvgIpc) is 2.52. The molecule has 0 amide bonds. The van der Waals surface area contributed by atoms with E-state index in [0.29, 0.717) is 12.1 Å². The van der Waals surface area contributed by atoms with Crippen LogP contribution >= 0.6 is 0 Å². The van der Waals surface area contributed by atoms with Crippen molar-refractivity contribution in [2.75, 3.05) is 24.6 Å². The minimum atomic E-state index is -0.153. The summed E-state index contributed by atoms with van der Waals surface area (Å²) in [5.41, 5.74) is 2.24. The molecule has 2 fully saturated rings. The van der Waals surface area contributed by atoms with Crippen LogP contribution in [0.25, 0.3) is 0 Å². The van der Waals surface area contributed by atoms with Crippen LogP contribution in [0.2, 0.25) is 0 Å². The highest BCUT2D eigenvalue weighted by Crippen LogP contribution is 2.33. The number of fused-ring (bicyclic) bond motifs is 1. The molecule has 2 atom stereocenters. The lowest BCUT2D eigenvalue weighted by molar-refractivity contribution is -0.00874. The van der Waals surface area contributed by atoms with E-state index in [-0.39, 0.29) is 5.82 Å². The molecule has 1 saturated carbocycles. The molecule has 1 aromatic carbocycles. The number of anilines is 1. The number of benzene rings is 1. The van der Waals surface area contributed by atoms with Crippen molar-refractivity contribution < 1.29 is 9.13 Å². The molecule has 1 saturated heterocycles. The van der Waals surface area contributed by atoms with Gasteiger partial charge in [0, 0.05) is 18.8 Å². The van der Waals surface area contributed by atoms with Crippen LogP contribution in [0.4, 0.5) is 10.1 Å². The van der Waals surface area contributed by atoms with Crippen LogP contribution in [0.1, 0.15) is 38.2 Å². The Bertz CT molecular complexity index is 478. The molecule has 1 heterocycles. The molecule has 0 radical (unpaired) electrons. The van der Waals surface area contributed by atoms with Crippen molar-refractivity contribution in [3.63, 3.8) is 0 Å². The zero-order chi connectivity index (χ0) is 14.7. The summed E-state index contributed by atoms with van der Waals surface area (Å²) in [7, 11) is 0. The number of nitrogens with one attached hydrogen (secondary N) is 1. The third-order valence-electron chi connectivity index (χ3n) is 4.65. The highest BCUT2D eigenvalue weighted by atomic mass is 19.1. The molecule has 1 aliphatic heterocycles. The normalized spacial score (nSPS) is 25.7. The van der Waals surface area contributed by atoms with E-state index < -0.39 is 0 Å². The van der Waals surface area contributed by atoms with Gasteiger partial charge >= 0.3 is 0 Å². The summed E-state index contributed by atoms with van der Waals surface area (Å²) in [5.74, 6) is -0.153. The van der Waals surface area contributed by atoms with Gasteiger partial charge in [-0.05, 0) is 43.1 Å². The molecule has 3 nitrogen and oxygen atoms in total. The summed E-state index contributed by atoms with van der Waals surface area (Å²) < 4.78 is 19.6. The van der Waals surface area contributed by atoms with Crippen LogP contribution in [0.15, 0.2) is 18.2 Å². The molecule has 2 unspecified atom stereocenters. The first-order valence-corrected chi connectivity index (χ1v) is 8.17. The molecule has 0 spiro atoms. The van der Waals surface area contributed by atoms with Gasteiger partial charge < -0.3 is 15.0 Å². The molecular weight excluding hydrogens is 267 g/mol. The lowest BCUT2D eigenvalue weighted by Gasteiger charge is -2.45. The van der Waals surface area contributed by atoms with E-state index in [9.17, 15) is 4.39 Å². The Balaban J connectivity index is 1.87. The second-order valence-corrected chi connectivity index (χ2v) is 6.01. The maximum absolute atomic E-state index is 13.6. The molecule has 2 aliphatic rings. The van der Waals surface area contributed by atoms with E-state index in [1.807, 2.05) is 6.07 Å². The molecule has 0 aromatic heterocycles. The molecule has 1 N–H and O–H groups in total. The third-order valence-corrected chi connectivity index (χ3v) is 4.65. The second-order valence-electron chi connectivity index (χ2n) is 6.01. The lowest BCUT2D eigenvalue weighted by atomic mass is 9.89. The fourth-order valence-corrected chi connectivity index (χ4v) is 3.63.